The van der Waals surface area contributed by atoms with Crippen molar-refractivity contribution in [1.29, 1.82) is 0 Å². The van der Waals surface area contributed by atoms with Crippen molar-refractivity contribution in [2.24, 2.45) is 16.7 Å². The summed E-state index contributed by atoms with van der Waals surface area (Å²) in [5.41, 5.74) is -0.334. The molecule has 0 radical (unpaired) electrons. The van der Waals surface area contributed by atoms with Gasteiger partial charge < -0.3 is 25.2 Å². The number of imidazole rings is 1. The molecule has 9 atom stereocenters. The molecule has 5 aliphatic rings. The van der Waals surface area contributed by atoms with E-state index in [1.54, 1.807) is 0 Å². The maximum absolute atomic E-state index is 12.1. The molecule has 0 aromatic carbocycles. The van der Waals surface area contributed by atoms with Crippen molar-refractivity contribution in [2.45, 2.75) is 82.5 Å². The van der Waals surface area contributed by atoms with Crippen molar-refractivity contribution in [1.82, 2.24) is 24.6 Å². The number of hydrogen-bond donors (Lipinski definition) is 6. The van der Waals surface area contributed by atoms with Gasteiger partial charge in [0.1, 0.15) is 18.3 Å². The van der Waals surface area contributed by atoms with Gasteiger partial charge >= 0.3 is 0 Å². The third kappa shape index (κ3) is 5.29. The first-order chi connectivity index (χ1) is 18.5. The third-order valence-electron chi connectivity index (χ3n) is 8.89. The van der Waals surface area contributed by atoms with Gasteiger partial charge in [0.25, 0.3) is 17.6 Å². The molecule has 7 rings (SSSR count). The minimum atomic E-state index is -4.73. The zero-order chi connectivity index (χ0) is 28.9. The number of halogens is 1. The van der Waals surface area contributed by atoms with Crippen LogP contribution in [0.2, 0.25) is 5.28 Å². The second-order valence-corrected chi connectivity index (χ2v) is 17.3. The predicted molar refractivity (Wildman–Crippen MR) is 144 cm³/mol. The van der Waals surface area contributed by atoms with Gasteiger partial charge in [-0.1, -0.05) is 13.8 Å². The average molecular weight is 621 g/mol. The fourth-order valence-electron chi connectivity index (χ4n) is 8.63. The van der Waals surface area contributed by atoms with Gasteiger partial charge in [0.05, 0.1) is 6.33 Å². The lowest BCUT2D eigenvalue weighted by atomic mass is 9.43. The van der Waals surface area contributed by atoms with E-state index >= 15 is 0 Å². The molecule has 17 heteroatoms. The summed E-state index contributed by atoms with van der Waals surface area (Å²) in [6.45, 7) is 4.27. The summed E-state index contributed by atoms with van der Waals surface area (Å²) >= 11 is 6.35. The van der Waals surface area contributed by atoms with Crippen LogP contribution in [0.15, 0.2) is 6.33 Å². The Morgan fingerprint density at radius 1 is 1.15 bits per heavy atom. The molecular weight excluding hydrogens is 587 g/mol. The van der Waals surface area contributed by atoms with Crippen molar-refractivity contribution < 1.29 is 37.4 Å². The number of ether oxygens (including phenoxy) is 1. The standard InChI is InChI=1S/C23H34ClN6O8PS/c1-21-3-12-4-22(2,7-21)9-23(5-12,8-21)29-17-14-18(28-20(24)27-17)30(10-25-14)19-16(32)15(31)13(38-19)6-26-39(33,34)11-40(35,36)37/h10,12-13,15-16,19,31-32H,3-9,11H2,1-2H3,(H2,26,33,34)(H,27,28,29)(H,35,36,37)/t12?,13?,15?,16?,19?,21-,22+,23?. The first-order valence-corrected chi connectivity index (χ1v) is 17.0. The van der Waals surface area contributed by atoms with Crippen LogP contribution in [0.25, 0.3) is 11.2 Å². The Kier molecular flexibility index (Phi) is 6.66. The number of aromatic nitrogens is 4. The molecule has 5 fully saturated rings. The summed E-state index contributed by atoms with van der Waals surface area (Å²) < 4.78 is 50.2. The van der Waals surface area contributed by atoms with Crippen molar-refractivity contribution >= 4 is 46.2 Å². The number of nitrogens with one attached hydrogen (secondary N) is 2. The van der Waals surface area contributed by atoms with Crippen LogP contribution in [-0.2, 0) is 19.4 Å². The Morgan fingerprint density at radius 3 is 2.45 bits per heavy atom. The van der Waals surface area contributed by atoms with E-state index in [1.807, 2.05) is 0 Å². The van der Waals surface area contributed by atoms with Gasteiger partial charge in [0.2, 0.25) is 5.28 Å². The predicted octanol–water partition coefficient (Wildman–Crippen LogP) is 1.88. The molecule has 7 unspecified atom stereocenters. The van der Waals surface area contributed by atoms with Crippen molar-refractivity contribution in [2.75, 3.05) is 17.4 Å². The highest BCUT2D eigenvalue weighted by Gasteiger charge is 2.60. The molecule has 14 nitrogen and oxygen atoms in total. The monoisotopic (exact) mass is 620 g/mol. The Hall–Kier alpha value is -1.42. The number of rotatable bonds is 8. The highest BCUT2D eigenvalue weighted by atomic mass is 35.5. The van der Waals surface area contributed by atoms with Crippen LogP contribution in [0.5, 0.6) is 0 Å². The van der Waals surface area contributed by atoms with Crippen LogP contribution in [0.1, 0.15) is 58.6 Å². The molecule has 4 bridgehead atoms. The second-order valence-electron chi connectivity index (χ2n) is 13.0. The number of aliphatic hydroxyl groups is 2. The molecule has 1 aliphatic heterocycles. The van der Waals surface area contributed by atoms with E-state index in [0.29, 0.717) is 17.3 Å². The van der Waals surface area contributed by atoms with E-state index in [0.717, 1.165) is 19.3 Å². The van der Waals surface area contributed by atoms with Crippen molar-refractivity contribution in [3.63, 3.8) is 0 Å². The highest BCUT2D eigenvalue weighted by Crippen LogP contribution is 2.67. The Bertz CT molecular complexity index is 1490. The fraction of sp³-hybridized carbons (Fsp3) is 0.783. The molecule has 0 amide bonds. The molecule has 6 N–H and O–H groups in total. The fourth-order valence-corrected chi connectivity index (χ4v) is 11.4. The van der Waals surface area contributed by atoms with Crippen LogP contribution in [0.3, 0.4) is 0 Å². The minimum Gasteiger partial charge on any atom is -0.387 e. The van der Waals surface area contributed by atoms with Crippen LogP contribution in [0.4, 0.5) is 5.82 Å². The molecular formula is C23H34ClN6O8PS. The first-order valence-electron chi connectivity index (χ1n) is 13.2. The zero-order valence-electron chi connectivity index (χ0n) is 22.1. The summed E-state index contributed by atoms with van der Waals surface area (Å²) in [6.07, 6.45) is 2.82. The third-order valence-corrected chi connectivity index (χ3v) is 12.4. The van der Waals surface area contributed by atoms with Crippen LogP contribution < -0.4 is 10.4 Å². The number of anilines is 1. The lowest BCUT2D eigenvalue weighted by molar-refractivity contribution is -0.0973. The van der Waals surface area contributed by atoms with Gasteiger partial charge in [-0.05, 0) is 66.9 Å². The topological polar surface area (TPSA) is 209 Å². The summed E-state index contributed by atoms with van der Waals surface area (Å²) in [7, 11) is -9.24. The van der Waals surface area contributed by atoms with E-state index in [4.69, 9.17) is 20.9 Å². The van der Waals surface area contributed by atoms with Gasteiger partial charge in [-0.3, -0.25) is 13.7 Å². The molecule has 1 saturated heterocycles. The number of hydrogen-bond acceptors (Lipinski definition) is 10. The lowest BCUT2D eigenvalue weighted by Crippen LogP contribution is -2.61. The quantitative estimate of drug-likeness (QED) is 0.142. The first kappa shape index (κ1) is 28.7. The molecule has 40 heavy (non-hydrogen) atoms. The highest BCUT2D eigenvalue weighted by molar-refractivity contribution is 7.93. The summed E-state index contributed by atoms with van der Waals surface area (Å²) in [4.78, 5) is 23.1. The van der Waals surface area contributed by atoms with Gasteiger partial charge in [0, 0.05) is 12.1 Å². The lowest BCUT2D eigenvalue weighted by Gasteiger charge is -2.65. The molecule has 3 heterocycles. The molecule has 4 aliphatic carbocycles. The van der Waals surface area contributed by atoms with Crippen molar-refractivity contribution in [3.8, 4) is 0 Å². The second kappa shape index (κ2) is 9.29. The van der Waals surface area contributed by atoms with E-state index < -0.39 is 54.2 Å². The van der Waals surface area contributed by atoms with Gasteiger partial charge in [-0.2, -0.15) is 18.4 Å². The maximum Gasteiger partial charge on any atom is 0.284 e. The van der Waals surface area contributed by atoms with Gasteiger partial charge in [0.15, 0.2) is 28.7 Å². The number of nitrogens with zero attached hydrogens (tertiary/aromatic N) is 4. The van der Waals surface area contributed by atoms with Gasteiger partial charge in [-0.15, -0.1) is 0 Å². The molecule has 2 aromatic heterocycles. The molecule has 222 valence electrons. The van der Waals surface area contributed by atoms with E-state index in [9.17, 15) is 28.1 Å². The number of fused-ring (bicyclic) bond motifs is 1. The zero-order valence-corrected chi connectivity index (χ0v) is 24.5. The van der Waals surface area contributed by atoms with E-state index in [1.165, 1.54) is 30.2 Å². The maximum atomic E-state index is 12.1. The Balaban J connectivity index is 1.25. The Labute approximate surface area is 236 Å². The van der Waals surface area contributed by atoms with E-state index in [-0.39, 0.29) is 27.3 Å². The normalized spacial score (nSPS) is 40.5. The largest absolute Gasteiger partial charge is 0.387 e. The summed E-state index contributed by atoms with van der Waals surface area (Å²) in [5, 5.41) is 27.1. The number of aliphatic hydroxyl groups excluding tert-OH is 2. The Morgan fingerprint density at radius 2 is 1.82 bits per heavy atom. The van der Waals surface area contributed by atoms with Gasteiger partial charge in [-0.25, -0.2) is 10.1 Å². The smallest absolute Gasteiger partial charge is 0.284 e. The van der Waals surface area contributed by atoms with Crippen molar-refractivity contribution in [3.05, 3.63) is 11.6 Å². The molecule has 0 spiro atoms. The SMILES string of the molecule is C[C@]12CC3CC(Nc4nc(Cl)nc5c4ncn5C4OC(CNP(=O)(O)CS(=O)(=O)O)C(O)C4O)(C1)C[C@@](C)(C3)C2. The minimum absolute atomic E-state index is 0.0309. The van der Waals surface area contributed by atoms with E-state index in [2.05, 4.69) is 39.2 Å². The molecule has 4 saturated carbocycles. The molecule has 2 aromatic rings. The average Bonchev–Trinajstić information content (AvgIpc) is 3.29. The summed E-state index contributed by atoms with van der Waals surface area (Å²) in [6, 6.07) is 0. The summed E-state index contributed by atoms with van der Waals surface area (Å²) in [5.74, 6) is 1.13. The van der Waals surface area contributed by atoms with Crippen LogP contribution in [-0.4, -0.2) is 83.5 Å². The van der Waals surface area contributed by atoms with Crippen LogP contribution >= 0.6 is 19.1 Å². The van der Waals surface area contributed by atoms with Crippen LogP contribution in [0, 0.1) is 16.7 Å².